The first-order valence-corrected chi connectivity index (χ1v) is 7.28. The molecule has 0 spiro atoms. The van der Waals surface area contributed by atoms with Crippen LogP contribution in [0, 0.1) is 6.92 Å². The number of rotatable bonds is 3. The maximum Gasteiger partial charge on any atom is 0.255 e. The summed E-state index contributed by atoms with van der Waals surface area (Å²) in [6, 6.07) is 11.2. The quantitative estimate of drug-likeness (QED) is 0.805. The predicted molar refractivity (Wildman–Crippen MR) is 86.2 cm³/mol. The molecule has 5 nitrogen and oxygen atoms in total. The van der Waals surface area contributed by atoms with Crippen LogP contribution in [0.1, 0.15) is 41.5 Å². The number of hydrogen-bond donors (Lipinski definition) is 1. The van der Waals surface area contributed by atoms with E-state index in [1.54, 1.807) is 10.6 Å². The molecule has 0 fully saturated rings. The van der Waals surface area contributed by atoms with Crippen LogP contribution < -0.4 is 5.32 Å². The van der Waals surface area contributed by atoms with Gasteiger partial charge in [0.05, 0.1) is 5.69 Å². The van der Waals surface area contributed by atoms with Gasteiger partial charge >= 0.3 is 0 Å². The van der Waals surface area contributed by atoms with Crippen molar-refractivity contribution >= 4 is 17.2 Å². The van der Waals surface area contributed by atoms with Crippen LogP contribution >= 0.6 is 0 Å². The van der Waals surface area contributed by atoms with E-state index in [-0.39, 0.29) is 11.8 Å². The topological polar surface area (TPSA) is 59.3 Å². The average molecular weight is 294 g/mol. The molecule has 1 aromatic carbocycles. The van der Waals surface area contributed by atoms with E-state index in [2.05, 4.69) is 15.4 Å². The van der Waals surface area contributed by atoms with E-state index in [9.17, 15) is 4.79 Å². The molecule has 112 valence electrons. The van der Waals surface area contributed by atoms with Gasteiger partial charge in [-0.3, -0.25) is 4.79 Å². The molecule has 3 aromatic rings. The fourth-order valence-corrected chi connectivity index (χ4v) is 2.25. The third-order valence-electron chi connectivity index (χ3n) is 3.42. The third-order valence-corrected chi connectivity index (χ3v) is 3.42. The first-order valence-electron chi connectivity index (χ1n) is 7.28. The summed E-state index contributed by atoms with van der Waals surface area (Å²) in [5.41, 5.74) is 3.00. The summed E-state index contributed by atoms with van der Waals surface area (Å²) in [6.45, 7) is 6.05. The lowest BCUT2D eigenvalue weighted by atomic mass is 10.1. The molecule has 22 heavy (non-hydrogen) atoms. The second-order valence-electron chi connectivity index (χ2n) is 5.64. The summed E-state index contributed by atoms with van der Waals surface area (Å²) in [7, 11) is 0. The maximum atomic E-state index is 12.4. The van der Waals surface area contributed by atoms with Gasteiger partial charge in [0.2, 0.25) is 0 Å². The fraction of sp³-hybridized carbons (Fsp3) is 0.235. The molecule has 1 amide bonds. The largest absolute Gasteiger partial charge is 0.319 e. The van der Waals surface area contributed by atoms with Crippen LogP contribution in [0.3, 0.4) is 0 Å². The lowest BCUT2D eigenvalue weighted by Gasteiger charge is -2.06. The van der Waals surface area contributed by atoms with Crippen LogP contribution in [0.2, 0.25) is 0 Å². The van der Waals surface area contributed by atoms with Gasteiger partial charge in [-0.15, -0.1) is 0 Å². The minimum atomic E-state index is -0.147. The summed E-state index contributed by atoms with van der Waals surface area (Å²) in [5.74, 6) is 0.850. The van der Waals surface area contributed by atoms with Crippen molar-refractivity contribution in [2.75, 3.05) is 5.32 Å². The number of aryl methyl sites for hydroxylation is 1. The van der Waals surface area contributed by atoms with Gasteiger partial charge in [0.15, 0.2) is 11.5 Å². The van der Waals surface area contributed by atoms with Crippen LogP contribution in [0.5, 0.6) is 0 Å². The summed E-state index contributed by atoms with van der Waals surface area (Å²) < 4.78 is 1.70. The summed E-state index contributed by atoms with van der Waals surface area (Å²) >= 11 is 0. The van der Waals surface area contributed by atoms with Gasteiger partial charge in [-0.1, -0.05) is 31.5 Å². The number of benzene rings is 1. The molecule has 0 aliphatic rings. The second-order valence-corrected chi connectivity index (χ2v) is 5.64. The monoisotopic (exact) mass is 294 g/mol. The minimum Gasteiger partial charge on any atom is -0.319 e. The molecule has 2 aromatic heterocycles. The van der Waals surface area contributed by atoms with Crippen LogP contribution in [0.15, 0.2) is 42.6 Å². The molecule has 3 rings (SSSR count). The Morgan fingerprint density at radius 1 is 1.23 bits per heavy atom. The molecule has 2 heterocycles. The maximum absolute atomic E-state index is 12.4. The molecule has 0 saturated heterocycles. The van der Waals surface area contributed by atoms with Crippen LogP contribution in [-0.4, -0.2) is 20.5 Å². The number of pyridine rings is 1. The number of anilines is 1. The highest BCUT2D eigenvalue weighted by Crippen LogP contribution is 2.19. The van der Waals surface area contributed by atoms with Gasteiger partial charge < -0.3 is 5.32 Å². The minimum absolute atomic E-state index is 0.147. The SMILES string of the molecule is Cc1cccc(C(=O)Nc2cccn3nc(C(C)C)nc23)c1. The lowest BCUT2D eigenvalue weighted by Crippen LogP contribution is -2.12. The van der Waals surface area contributed by atoms with E-state index < -0.39 is 0 Å². The predicted octanol–water partition coefficient (Wildman–Crippen LogP) is 3.41. The lowest BCUT2D eigenvalue weighted by molar-refractivity contribution is 0.102. The van der Waals surface area contributed by atoms with Crippen molar-refractivity contribution in [1.29, 1.82) is 0 Å². The van der Waals surface area contributed by atoms with Crippen molar-refractivity contribution in [2.45, 2.75) is 26.7 Å². The normalized spacial score (nSPS) is 11.1. The van der Waals surface area contributed by atoms with Gasteiger partial charge in [0.25, 0.3) is 5.91 Å². The number of fused-ring (bicyclic) bond motifs is 1. The van der Waals surface area contributed by atoms with E-state index in [1.165, 1.54) is 0 Å². The zero-order valence-corrected chi connectivity index (χ0v) is 12.9. The Hall–Kier alpha value is -2.69. The molecule has 1 N–H and O–H groups in total. The van der Waals surface area contributed by atoms with Crippen molar-refractivity contribution < 1.29 is 4.79 Å². The summed E-state index contributed by atoms with van der Waals surface area (Å²) in [6.07, 6.45) is 1.83. The van der Waals surface area contributed by atoms with Crippen molar-refractivity contribution in [2.24, 2.45) is 0 Å². The van der Waals surface area contributed by atoms with Crippen molar-refractivity contribution in [3.05, 3.63) is 59.5 Å². The zero-order chi connectivity index (χ0) is 15.7. The highest BCUT2D eigenvalue weighted by atomic mass is 16.1. The summed E-state index contributed by atoms with van der Waals surface area (Å²) in [5, 5.41) is 7.34. The average Bonchev–Trinajstić information content (AvgIpc) is 2.92. The number of amides is 1. The molecular formula is C17H18N4O. The number of carbonyl (C=O) groups is 1. The van der Waals surface area contributed by atoms with Crippen LogP contribution in [0.25, 0.3) is 5.65 Å². The molecule has 0 aliphatic carbocycles. The molecular weight excluding hydrogens is 276 g/mol. The van der Waals surface area contributed by atoms with Crippen molar-refractivity contribution in [3.63, 3.8) is 0 Å². The molecule has 0 aliphatic heterocycles. The van der Waals surface area contributed by atoms with Gasteiger partial charge in [0, 0.05) is 17.7 Å². The van der Waals surface area contributed by atoms with Crippen molar-refractivity contribution in [1.82, 2.24) is 14.6 Å². The number of nitrogens with zero attached hydrogens (tertiary/aromatic N) is 3. The number of hydrogen-bond acceptors (Lipinski definition) is 3. The van der Waals surface area contributed by atoms with Crippen LogP contribution in [-0.2, 0) is 0 Å². The highest BCUT2D eigenvalue weighted by Gasteiger charge is 2.13. The Morgan fingerprint density at radius 3 is 2.77 bits per heavy atom. The smallest absolute Gasteiger partial charge is 0.255 e. The van der Waals surface area contributed by atoms with Gasteiger partial charge in [-0.25, -0.2) is 9.50 Å². The summed E-state index contributed by atoms with van der Waals surface area (Å²) in [4.78, 5) is 16.9. The Balaban J connectivity index is 1.95. The number of nitrogens with one attached hydrogen (secondary N) is 1. The fourth-order valence-electron chi connectivity index (χ4n) is 2.25. The van der Waals surface area contributed by atoms with Gasteiger partial charge in [-0.2, -0.15) is 5.10 Å². The highest BCUT2D eigenvalue weighted by molar-refractivity contribution is 6.06. The van der Waals surface area contributed by atoms with E-state index in [0.29, 0.717) is 16.9 Å². The molecule has 0 unspecified atom stereocenters. The van der Waals surface area contributed by atoms with Crippen LogP contribution in [0.4, 0.5) is 5.69 Å². The second kappa shape index (κ2) is 5.60. The number of carbonyl (C=O) groups excluding carboxylic acids is 1. The van der Waals surface area contributed by atoms with Gasteiger partial charge in [0.1, 0.15) is 0 Å². The molecule has 0 radical (unpaired) electrons. The molecule has 0 saturated carbocycles. The van der Waals surface area contributed by atoms with Gasteiger partial charge in [-0.05, 0) is 31.2 Å². The standard InChI is InChI=1S/C17H18N4O/c1-11(2)15-19-16-14(8-5-9-21(16)20-15)18-17(22)13-7-4-6-12(3)10-13/h4-11H,1-3H3,(H,18,22). The first kappa shape index (κ1) is 14.3. The number of aromatic nitrogens is 3. The Bertz CT molecular complexity index is 836. The Labute approximate surface area is 129 Å². The molecule has 0 atom stereocenters. The molecule has 0 bridgehead atoms. The Kier molecular flexibility index (Phi) is 3.63. The molecule has 5 heteroatoms. The first-order chi connectivity index (χ1) is 10.5. The Morgan fingerprint density at radius 2 is 2.05 bits per heavy atom. The van der Waals surface area contributed by atoms with Crippen molar-refractivity contribution in [3.8, 4) is 0 Å². The van der Waals surface area contributed by atoms with E-state index in [4.69, 9.17) is 0 Å². The third kappa shape index (κ3) is 2.70. The van der Waals surface area contributed by atoms with E-state index >= 15 is 0 Å². The van der Waals surface area contributed by atoms with E-state index in [1.807, 2.05) is 57.3 Å². The van der Waals surface area contributed by atoms with E-state index in [0.717, 1.165) is 11.4 Å². The zero-order valence-electron chi connectivity index (χ0n) is 12.9.